The summed E-state index contributed by atoms with van der Waals surface area (Å²) >= 11 is 0. The van der Waals surface area contributed by atoms with Crippen molar-refractivity contribution in [3.05, 3.63) is 0 Å². The summed E-state index contributed by atoms with van der Waals surface area (Å²) in [7, 11) is 2.22. The van der Waals surface area contributed by atoms with E-state index in [-0.39, 0.29) is 0 Å². The van der Waals surface area contributed by atoms with Crippen LogP contribution in [0.15, 0.2) is 0 Å². The van der Waals surface area contributed by atoms with E-state index in [9.17, 15) is 0 Å². The molecule has 0 atom stereocenters. The minimum atomic E-state index is 0.340. The first kappa shape index (κ1) is 16.9. The van der Waals surface area contributed by atoms with Crippen molar-refractivity contribution in [2.24, 2.45) is 5.41 Å². The van der Waals surface area contributed by atoms with Crippen LogP contribution in [0.5, 0.6) is 0 Å². The predicted octanol–water partition coefficient (Wildman–Crippen LogP) is 2.90. The molecular weight excluding hydrogens is 236 g/mol. The molecule has 0 aromatic carbocycles. The fourth-order valence-corrected chi connectivity index (χ4v) is 2.52. The molecule has 0 aromatic heterocycles. The van der Waals surface area contributed by atoms with Gasteiger partial charge in [-0.3, -0.25) is 0 Å². The molecule has 3 heteroatoms. The van der Waals surface area contributed by atoms with Gasteiger partial charge in [-0.1, -0.05) is 13.8 Å². The largest absolute Gasteiger partial charge is 0.377 e. The summed E-state index contributed by atoms with van der Waals surface area (Å²) in [5, 5.41) is 3.72. The predicted molar refractivity (Wildman–Crippen MR) is 82.6 cm³/mol. The molecule has 0 aromatic rings. The molecule has 0 spiro atoms. The molecule has 0 amide bonds. The third-order valence-corrected chi connectivity index (χ3v) is 4.37. The smallest absolute Gasteiger partial charge is 0.0596 e. The van der Waals surface area contributed by atoms with Crippen molar-refractivity contribution in [3.63, 3.8) is 0 Å². The zero-order valence-corrected chi connectivity index (χ0v) is 13.7. The van der Waals surface area contributed by atoms with Gasteiger partial charge in [-0.15, -0.1) is 0 Å². The average molecular weight is 270 g/mol. The van der Waals surface area contributed by atoms with Crippen LogP contribution < -0.4 is 5.32 Å². The highest BCUT2D eigenvalue weighted by Gasteiger charge is 2.30. The highest BCUT2D eigenvalue weighted by molar-refractivity contribution is 4.88. The fraction of sp³-hybridized carbons (Fsp3) is 1.00. The number of nitrogens with one attached hydrogen (secondary N) is 1. The number of ether oxygens (including phenoxy) is 1. The van der Waals surface area contributed by atoms with Gasteiger partial charge in [0, 0.05) is 25.7 Å². The SMILES string of the molecule is CCC(CC)(CNC1CC1)CN(C)CCOC(C)C. The van der Waals surface area contributed by atoms with E-state index in [0.717, 1.165) is 19.2 Å². The van der Waals surface area contributed by atoms with Crippen molar-refractivity contribution in [2.75, 3.05) is 33.3 Å². The fourth-order valence-electron chi connectivity index (χ4n) is 2.52. The van der Waals surface area contributed by atoms with E-state index in [1.54, 1.807) is 0 Å². The lowest BCUT2D eigenvalue weighted by atomic mass is 9.81. The summed E-state index contributed by atoms with van der Waals surface area (Å²) in [6, 6.07) is 0.812. The van der Waals surface area contributed by atoms with E-state index in [4.69, 9.17) is 4.74 Å². The van der Waals surface area contributed by atoms with Crippen molar-refractivity contribution >= 4 is 0 Å². The molecule has 0 radical (unpaired) electrons. The lowest BCUT2D eigenvalue weighted by Gasteiger charge is -2.36. The molecule has 1 N–H and O–H groups in total. The molecule has 1 aliphatic rings. The molecule has 0 heterocycles. The van der Waals surface area contributed by atoms with Crippen LogP contribution in [0.4, 0.5) is 0 Å². The van der Waals surface area contributed by atoms with Crippen molar-refractivity contribution in [1.82, 2.24) is 10.2 Å². The van der Waals surface area contributed by atoms with Crippen LogP contribution in [-0.4, -0.2) is 50.3 Å². The molecule has 1 aliphatic carbocycles. The third kappa shape index (κ3) is 6.73. The van der Waals surface area contributed by atoms with Gasteiger partial charge in [0.15, 0.2) is 0 Å². The van der Waals surface area contributed by atoms with Crippen molar-refractivity contribution in [3.8, 4) is 0 Å². The lowest BCUT2D eigenvalue weighted by molar-refractivity contribution is 0.0526. The minimum Gasteiger partial charge on any atom is -0.377 e. The molecule has 1 fully saturated rings. The zero-order valence-electron chi connectivity index (χ0n) is 13.7. The first-order valence-electron chi connectivity index (χ1n) is 8.05. The molecule has 0 saturated heterocycles. The Hall–Kier alpha value is -0.120. The van der Waals surface area contributed by atoms with Crippen LogP contribution in [0.25, 0.3) is 0 Å². The number of likely N-dealkylation sites (N-methyl/N-ethyl adjacent to an activating group) is 1. The van der Waals surface area contributed by atoms with E-state index in [1.807, 2.05) is 0 Å². The Morgan fingerprint density at radius 2 is 1.89 bits per heavy atom. The summed E-state index contributed by atoms with van der Waals surface area (Å²) in [4.78, 5) is 2.43. The summed E-state index contributed by atoms with van der Waals surface area (Å²) in [6.07, 6.45) is 5.59. The summed E-state index contributed by atoms with van der Waals surface area (Å²) < 4.78 is 5.65. The van der Waals surface area contributed by atoms with Gasteiger partial charge in [0.1, 0.15) is 0 Å². The van der Waals surface area contributed by atoms with Gasteiger partial charge in [0.2, 0.25) is 0 Å². The first-order chi connectivity index (χ1) is 9.01. The van der Waals surface area contributed by atoms with Gasteiger partial charge in [0.25, 0.3) is 0 Å². The Morgan fingerprint density at radius 3 is 2.37 bits per heavy atom. The van der Waals surface area contributed by atoms with E-state index in [1.165, 1.54) is 38.8 Å². The Kier molecular flexibility index (Phi) is 7.33. The zero-order chi connectivity index (χ0) is 14.3. The standard InChI is InChI=1S/C16H34N2O/c1-6-16(7-2,12-17-15-8-9-15)13-18(5)10-11-19-14(3)4/h14-15,17H,6-13H2,1-5H3. The molecule has 19 heavy (non-hydrogen) atoms. The van der Waals surface area contributed by atoms with Crippen LogP contribution >= 0.6 is 0 Å². The summed E-state index contributed by atoms with van der Waals surface area (Å²) in [5.74, 6) is 0. The number of nitrogens with zero attached hydrogens (tertiary/aromatic N) is 1. The molecule has 114 valence electrons. The quantitative estimate of drug-likeness (QED) is 0.625. The van der Waals surface area contributed by atoms with Crippen LogP contribution in [-0.2, 0) is 4.74 Å². The maximum atomic E-state index is 5.65. The van der Waals surface area contributed by atoms with E-state index in [0.29, 0.717) is 11.5 Å². The average Bonchev–Trinajstić information content (AvgIpc) is 3.18. The van der Waals surface area contributed by atoms with Gasteiger partial charge in [0.05, 0.1) is 12.7 Å². The maximum absolute atomic E-state index is 5.65. The maximum Gasteiger partial charge on any atom is 0.0596 e. The van der Waals surface area contributed by atoms with E-state index in [2.05, 4.69) is 45.0 Å². The van der Waals surface area contributed by atoms with Crippen molar-refractivity contribution < 1.29 is 4.74 Å². The van der Waals surface area contributed by atoms with E-state index >= 15 is 0 Å². The Balaban J connectivity index is 2.32. The first-order valence-corrected chi connectivity index (χ1v) is 8.05. The molecule has 1 rings (SSSR count). The molecule has 0 aliphatic heterocycles. The monoisotopic (exact) mass is 270 g/mol. The molecule has 0 unspecified atom stereocenters. The Bertz CT molecular complexity index is 235. The van der Waals surface area contributed by atoms with Crippen LogP contribution in [0.3, 0.4) is 0 Å². The van der Waals surface area contributed by atoms with Crippen LogP contribution in [0.2, 0.25) is 0 Å². The van der Waals surface area contributed by atoms with Crippen LogP contribution in [0, 0.1) is 5.41 Å². The van der Waals surface area contributed by atoms with Crippen molar-refractivity contribution in [2.45, 2.75) is 65.5 Å². The number of hydrogen-bond donors (Lipinski definition) is 1. The van der Waals surface area contributed by atoms with Gasteiger partial charge in [-0.05, 0) is 52.0 Å². The second-order valence-electron chi connectivity index (χ2n) is 6.52. The molecule has 0 bridgehead atoms. The summed E-state index contributed by atoms with van der Waals surface area (Å²) in [6.45, 7) is 13.1. The van der Waals surface area contributed by atoms with Gasteiger partial charge < -0.3 is 15.0 Å². The molecule has 3 nitrogen and oxygen atoms in total. The number of rotatable bonds is 11. The van der Waals surface area contributed by atoms with Gasteiger partial charge >= 0.3 is 0 Å². The van der Waals surface area contributed by atoms with Gasteiger partial charge in [-0.25, -0.2) is 0 Å². The normalized spacial score (nSPS) is 16.6. The van der Waals surface area contributed by atoms with Crippen molar-refractivity contribution in [1.29, 1.82) is 0 Å². The Morgan fingerprint density at radius 1 is 1.26 bits per heavy atom. The minimum absolute atomic E-state index is 0.340. The number of hydrogen-bond acceptors (Lipinski definition) is 3. The highest BCUT2D eigenvalue weighted by atomic mass is 16.5. The van der Waals surface area contributed by atoms with E-state index < -0.39 is 0 Å². The lowest BCUT2D eigenvalue weighted by Crippen LogP contribution is -2.43. The Labute approximate surface area is 120 Å². The summed E-state index contributed by atoms with van der Waals surface area (Å²) in [5.41, 5.74) is 0.426. The molecule has 1 saturated carbocycles. The van der Waals surface area contributed by atoms with Gasteiger partial charge in [-0.2, -0.15) is 0 Å². The highest BCUT2D eigenvalue weighted by Crippen LogP contribution is 2.28. The topological polar surface area (TPSA) is 24.5 Å². The third-order valence-electron chi connectivity index (χ3n) is 4.37. The second-order valence-corrected chi connectivity index (χ2v) is 6.52. The second kappa shape index (κ2) is 8.23. The van der Waals surface area contributed by atoms with Crippen LogP contribution in [0.1, 0.15) is 53.4 Å². The molecular formula is C16H34N2O.